The number of pyridine rings is 1. The van der Waals surface area contributed by atoms with Crippen LogP contribution in [0.5, 0.6) is 0 Å². The summed E-state index contributed by atoms with van der Waals surface area (Å²) in [5.74, 6) is 1.61. The molecule has 1 fully saturated rings. The Labute approximate surface area is 138 Å². The van der Waals surface area contributed by atoms with E-state index in [1.54, 1.807) is 6.07 Å². The number of hydrogen-bond donors (Lipinski definition) is 2. The molecule has 1 aromatic heterocycles. The minimum absolute atomic E-state index is 0.0363. The van der Waals surface area contributed by atoms with Crippen molar-refractivity contribution in [1.82, 2.24) is 10.3 Å². The summed E-state index contributed by atoms with van der Waals surface area (Å²) in [6.45, 7) is 7.75. The van der Waals surface area contributed by atoms with Crippen LogP contribution in [0.4, 0.5) is 0 Å². The maximum Gasteiger partial charge on any atom is 0.247 e. The number of benzene rings is 1. The monoisotopic (exact) mass is 310 g/mol. The van der Waals surface area contributed by atoms with Crippen molar-refractivity contribution in [1.29, 1.82) is 0 Å². The van der Waals surface area contributed by atoms with E-state index < -0.39 is 0 Å². The molecule has 3 unspecified atom stereocenters. The third-order valence-electron chi connectivity index (χ3n) is 5.10. The average molecular weight is 310 g/mol. The number of hydrogen-bond acceptors (Lipinski definition) is 2. The third kappa shape index (κ3) is 3.56. The van der Waals surface area contributed by atoms with E-state index in [9.17, 15) is 4.79 Å². The predicted molar refractivity (Wildman–Crippen MR) is 95.2 cm³/mol. The predicted octanol–water partition coefficient (Wildman–Crippen LogP) is 3.75. The van der Waals surface area contributed by atoms with Crippen molar-refractivity contribution in [3.63, 3.8) is 0 Å². The van der Waals surface area contributed by atoms with Gasteiger partial charge in [0.25, 0.3) is 0 Å². The van der Waals surface area contributed by atoms with Gasteiger partial charge in [0, 0.05) is 30.8 Å². The Morgan fingerprint density at radius 2 is 1.74 bits per heavy atom. The lowest BCUT2D eigenvalue weighted by Gasteiger charge is -2.40. The van der Waals surface area contributed by atoms with Crippen LogP contribution in [-0.2, 0) is 0 Å². The zero-order chi connectivity index (χ0) is 16.4. The van der Waals surface area contributed by atoms with E-state index in [1.165, 1.54) is 16.7 Å². The molecule has 3 rings (SSSR count). The molecule has 0 bridgehead atoms. The van der Waals surface area contributed by atoms with Crippen molar-refractivity contribution in [3.05, 3.63) is 69.6 Å². The average Bonchev–Trinajstić information content (AvgIpc) is 2.52. The molecule has 2 aromatic rings. The van der Waals surface area contributed by atoms with Gasteiger partial charge in [0.15, 0.2) is 0 Å². The maximum absolute atomic E-state index is 11.2. The van der Waals surface area contributed by atoms with Gasteiger partial charge < -0.3 is 10.3 Å². The molecule has 1 aliphatic heterocycles. The minimum Gasteiger partial charge on any atom is -0.329 e. The summed E-state index contributed by atoms with van der Waals surface area (Å²) >= 11 is 0. The molecule has 0 saturated carbocycles. The highest BCUT2D eigenvalue weighted by atomic mass is 16.1. The Hall–Kier alpha value is -1.87. The molecule has 23 heavy (non-hydrogen) atoms. The highest BCUT2D eigenvalue weighted by Crippen LogP contribution is 2.33. The summed E-state index contributed by atoms with van der Waals surface area (Å²) in [5.41, 5.74) is 4.00. The van der Waals surface area contributed by atoms with Crippen LogP contribution in [0.3, 0.4) is 0 Å². The molecule has 3 nitrogen and oxygen atoms in total. The van der Waals surface area contributed by atoms with E-state index >= 15 is 0 Å². The Kier molecular flexibility index (Phi) is 4.67. The number of aromatic nitrogens is 1. The first kappa shape index (κ1) is 16.0. The second-order valence-corrected chi connectivity index (χ2v) is 7.07. The van der Waals surface area contributed by atoms with Crippen molar-refractivity contribution in [3.8, 4) is 0 Å². The molecule has 122 valence electrons. The molecule has 0 spiro atoms. The van der Waals surface area contributed by atoms with Gasteiger partial charge in [-0.3, -0.25) is 4.79 Å². The van der Waals surface area contributed by atoms with Crippen LogP contribution in [0, 0.1) is 0 Å². The Bertz CT molecular complexity index is 682. The summed E-state index contributed by atoms with van der Waals surface area (Å²) < 4.78 is 0. The molecule has 3 heteroatoms. The van der Waals surface area contributed by atoms with Crippen LogP contribution in [0.15, 0.2) is 47.4 Å². The molecule has 2 heterocycles. The quantitative estimate of drug-likeness (QED) is 0.883. The molecule has 0 radical (unpaired) electrons. The first-order valence-corrected chi connectivity index (χ1v) is 8.56. The standard InChI is InChI=1S/C20H26N2O/c1-13(2)15-4-6-16(7-5-15)18-12-21-19(18)10-14(3)17-8-9-20(23)22-11-17/h4-9,11,13-14,18-19,21H,10,12H2,1-3H3,(H,22,23). The molecule has 1 saturated heterocycles. The Morgan fingerprint density at radius 3 is 2.26 bits per heavy atom. The van der Waals surface area contributed by atoms with Gasteiger partial charge in [0.2, 0.25) is 5.56 Å². The summed E-state index contributed by atoms with van der Waals surface area (Å²) in [6, 6.07) is 13.2. The van der Waals surface area contributed by atoms with Crippen LogP contribution in [0.25, 0.3) is 0 Å². The van der Waals surface area contributed by atoms with Gasteiger partial charge in [-0.15, -0.1) is 0 Å². The van der Waals surface area contributed by atoms with Crippen LogP contribution in [0.1, 0.15) is 61.6 Å². The van der Waals surface area contributed by atoms with Crippen molar-refractivity contribution in [2.24, 2.45) is 0 Å². The van der Waals surface area contributed by atoms with Crippen LogP contribution in [-0.4, -0.2) is 17.6 Å². The first-order valence-electron chi connectivity index (χ1n) is 8.56. The summed E-state index contributed by atoms with van der Waals surface area (Å²) in [5, 5.41) is 3.57. The van der Waals surface area contributed by atoms with E-state index in [0.717, 1.165) is 13.0 Å². The number of rotatable bonds is 5. The fourth-order valence-electron chi connectivity index (χ4n) is 3.37. The van der Waals surface area contributed by atoms with Crippen LogP contribution < -0.4 is 10.9 Å². The zero-order valence-electron chi connectivity index (χ0n) is 14.2. The maximum atomic E-state index is 11.2. The first-order chi connectivity index (χ1) is 11.0. The van der Waals surface area contributed by atoms with Gasteiger partial charge >= 0.3 is 0 Å². The second kappa shape index (κ2) is 6.71. The largest absolute Gasteiger partial charge is 0.329 e. The summed E-state index contributed by atoms with van der Waals surface area (Å²) in [7, 11) is 0. The van der Waals surface area contributed by atoms with Gasteiger partial charge in [0.05, 0.1) is 0 Å². The molecule has 1 aliphatic rings. The van der Waals surface area contributed by atoms with E-state index in [4.69, 9.17) is 0 Å². The molecular formula is C20H26N2O. The summed E-state index contributed by atoms with van der Waals surface area (Å²) in [6.07, 6.45) is 2.93. The number of H-pyrrole nitrogens is 1. The molecule has 3 atom stereocenters. The van der Waals surface area contributed by atoms with Crippen molar-refractivity contribution in [2.45, 2.75) is 51.0 Å². The molecule has 0 amide bonds. The Morgan fingerprint density at radius 1 is 1.04 bits per heavy atom. The number of nitrogens with one attached hydrogen (secondary N) is 2. The Balaban J connectivity index is 1.65. The van der Waals surface area contributed by atoms with Gasteiger partial charge in [-0.05, 0) is 34.9 Å². The van der Waals surface area contributed by atoms with E-state index in [-0.39, 0.29) is 5.56 Å². The second-order valence-electron chi connectivity index (χ2n) is 7.07. The van der Waals surface area contributed by atoms with Gasteiger partial charge in [-0.25, -0.2) is 0 Å². The van der Waals surface area contributed by atoms with Crippen LogP contribution >= 0.6 is 0 Å². The van der Waals surface area contributed by atoms with Gasteiger partial charge in [-0.2, -0.15) is 0 Å². The van der Waals surface area contributed by atoms with Crippen molar-refractivity contribution in [2.75, 3.05) is 6.54 Å². The van der Waals surface area contributed by atoms with E-state index in [2.05, 4.69) is 55.3 Å². The van der Waals surface area contributed by atoms with Gasteiger partial charge in [-0.1, -0.05) is 51.1 Å². The van der Waals surface area contributed by atoms with Crippen molar-refractivity contribution >= 4 is 0 Å². The lowest BCUT2D eigenvalue weighted by atomic mass is 9.79. The highest BCUT2D eigenvalue weighted by molar-refractivity contribution is 5.30. The highest BCUT2D eigenvalue weighted by Gasteiger charge is 2.32. The smallest absolute Gasteiger partial charge is 0.247 e. The molecular weight excluding hydrogens is 284 g/mol. The minimum atomic E-state index is -0.0363. The zero-order valence-corrected chi connectivity index (χ0v) is 14.2. The lowest BCUT2D eigenvalue weighted by molar-refractivity contribution is 0.281. The van der Waals surface area contributed by atoms with Crippen molar-refractivity contribution < 1.29 is 0 Å². The van der Waals surface area contributed by atoms with E-state index in [0.29, 0.717) is 23.8 Å². The normalized spacial score (nSPS) is 21.9. The summed E-state index contributed by atoms with van der Waals surface area (Å²) in [4.78, 5) is 14.0. The topological polar surface area (TPSA) is 44.9 Å². The third-order valence-corrected chi connectivity index (χ3v) is 5.10. The lowest BCUT2D eigenvalue weighted by Crippen LogP contribution is -2.51. The van der Waals surface area contributed by atoms with Crippen LogP contribution in [0.2, 0.25) is 0 Å². The molecule has 0 aliphatic carbocycles. The van der Waals surface area contributed by atoms with E-state index in [1.807, 2.05) is 12.3 Å². The molecule has 2 N–H and O–H groups in total. The molecule has 1 aromatic carbocycles. The fourth-order valence-corrected chi connectivity index (χ4v) is 3.37. The number of aromatic amines is 1. The fraction of sp³-hybridized carbons (Fsp3) is 0.450. The SMILES string of the molecule is CC(C)c1ccc(C2CNC2CC(C)c2ccc(=O)[nH]c2)cc1. The van der Waals surface area contributed by atoms with Gasteiger partial charge in [0.1, 0.15) is 0 Å².